The Morgan fingerprint density at radius 2 is 1.87 bits per heavy atom. The first-order valence-corrected chi connectivity index (χ1v) is 5.44. The van der Waals surface area contributed by atoms with Crippen molar-refractivity contribution in [2.24, 2.45) is 16.6 Å². The lowest BCUT2D eigenvalue weighted by atomic mass is 10.0. The molecule has 0 aliphatic carbocycles. The number of nitrogens with zero attached hydrogens (tertiary/aromatic N) is 1. The van der Waals surface area contributed by atoms with E-state index in [4.69, 9.17) is 5.73 Å². The van der Waals surface area contributed by atoms with Gasteiger partial charge in [-0.3, -0.25) is 0 Å². The Morgan fingerprint density at radius 3 is 2.40 bits per heavy atom. The summed E-state index contributed by atoms with van der Waals surface area (Å²) < 4.78 is 0. The molecule has 1 aromatic rings. The molecule has 0 heterocycles. The van der Waals surface area contributed by atoms with E-state index in [-0.39, 0.29) is 0 Å². The minimum Gasteiger partial charge on any atom is -0.387 e. The standard InChI is InChI=1S/C13H20N2/c1-9(2)11-6-5-7-12(8-11)15-13(14)10(3)4/h5-10H,1-4H3,(H2,14,15). The van der Waals surface area contributed by atoms with Crippen LogP contribution in [0.4, 0.5) is 5.69 Å². The van der Waals surface area contributed by atoms with E-state index in [1.54, 1.807) is 0 Å². The summed E-state index contributed by atoms with van der Waals surface area (Å²) in [6, 6.07) is 8.23. The molecule has 0 saturated carbocycles. The molecule has 0 amide bonds. The van der Waals surface area contributed by atoms with Crippen molar-refractivity contribution in [1.82, 2.24) is 0 Å². The molecule has 2 nitrogen and oxygen atoms in total. The van der Waals surface area contributed by atoms with E-state index in [0.717, 1.165) is 5.69 Å². The Kier molecular flexibility index (Phi) is 3.89. The van der Waals surface area contributed by atoms with Crippen molar-refractivity contribution in [3.63, 3.8) is 0 Å². The van der Waals surface area contributed by atoms with E-state index >= 15 is 0 Å². The topological polar surface area (TPSA) is 38.4 Å². The summed E-state index contributed by atoms with van der Waals surface area (Å²) in [5.41, 5.74) is 8.07. The predicted molar refractivity (Wildman–Crippen MR) is 66.7 cm³/mol. The molecule has 0 aromatic heterocycles. The third-order valence-electron chi connectivity index (χ3n) is 2.39. The third kappa shape index (κ3) is 3.39. The van der Waals surface area contributed by atoms with Gasteiger partial charge in [0, 0.05) is 5.92 Å². The first-order chi connectivity index (χ1) is 7.00. The highest BCUT2D eigenvalue weighted by molar-refractivity contribution is 5.84. The number of aliphatic imine (C=N–C) groups is 1. The molecule has 15 heavy (non-hydrogen) atoms. The lowest BCUT2D eigenvalue weighted by Crippen LogP contribution is -2.18. The fourth-order valence-corrected chi connectivity index (χ4v) is 1.23. The zero-order valence-electron chi connectivity index (χ0n) is 9.99. The van der Waals surface area contributed by atoms with Crippen LogP contribution in [0.3, 0.4) is 0 Å². The Morgan fingerprint density at radius 1 is 1.20 bits per heavy atom. The van der Waals surface area contributed by atoms with Crippen LogP contribution >= 0.6 is 0 Å². The molecular weight excluding hydrogens is 184 g/mol. The minimum absolute atomic E-state index is 0.299. The van der Waals surface area contributed by atoms with Gasteiger partial charge in [0.05, 0.1) is 5.69 Å². The molecule has 1 rings (SSSR count). The van der Waals surface area contributed by atoms with Crippen molar-refractivity contribution < 1.29 is 0 Å². The van der Waals surface area contributed by atoms with Crippen LogP contribution in [0.25, 0.3) is 0 Å². The van der Waals surface area contributed by atoms with Gasteiger partial charge in [0.2, 0.25) is 0 Å². The number of hydrogen-bond acceptors (Lipinski definition) is 1. The quantitative estimate of drug-likeness (QED) is 0.594. The van der Waals surface area contributed by atoms with Gasteiger partial charge in [-0.2, -0.15) is 0 Å². The van der Waals surface area contributed by atoms with E-state index in [9.17, 15) is 0 Å². The summed E-state index contributed by atoms with van der Waals surface area (Å²) >= 11 is 0. The lowest BCUT2D eigenvalue weighted by molar-refractivity contribution is 0.863. The molecule has 0 spiro atoms. The SMILES string of the molecule is CC(C)C(N)=Nc1cccc(C(C)C)c1. The number of hydrogen-bond donors (Lipinski definition) is 1. The van der Waals surface area contributed by atoms with Crippen LogP contribution in [0.15, 0.2) is 29.3 Å². The maximum Gasteiger partial charge on any atom is 0.102 e. The molecule has 0 aliphatic rings. The fourth-order valence-electron chi connectivity index (χ4n) is 1.23. The molecule has 0 radical (unpaired) electrons. The van der Waals surface area contributed by atoms with Crippen molar-refractivity contribution in [3.8, 4) is 0 Å². The van der Waals surface area contributed by atoms with Crippen LogP contribution in [-0.2, 0) is 0 Å². The summed E-state index contributed by atoms with van der Waals surface area (Å²) in [4.78, 5) is 4.40. The smallest absolute Gasteiger partial charge is 0.102 e. The van der Waals surface area contributed by atoms with Gasteiger partial charge in [0.15, 0.2) is 0 Å². The Balaban J connectivity index is 2.96. The molecule has 0 saturated heterocycles. The number of nitrogens with two attached hydrogens (primary N) is 1. The van der Waals surface area contributed by atoms with Gasteiger partial charge in [-0.1, -0.05) is 39.8 Å². The van der Waals surface area contributed by atoms with Crippen molar-refractivity contribution in [3.05, 3.63) is 29.8 Å². The van der Waals surface area contributed by atoms with Crippen molar-refractivity contribution in [2.45, 2.75) is 33.6 Å². The zero-order chi connectivity index (χ0) is 11.4. The summed E-state index contributed by atoms with van der Waals surface area (Å²) in [5.74, 6) is 1.52. The maximum absolute atomic E-state index is 5.82. The summed E-state index contributed by atoms with van der Waals surface area (Å²) in [6.45, 7) is 8.44. The van der Waals surface area contributed by atoms with Crippen LogP contribution in [0.2, 0.25) is 0 Å². The van der Waals surface area contributed by atoms with Gasteiger partial charge in [-0.25, -0.2) is 4.99 Å². The normalized spacial score (nSPS) is 12.5. The Labute approximate surface area is 92.2 Å². The summed E-state index contributed by atoms with van der Waals surface area (Å²) in [6.07, 6.45) is 0. The van der Waals surface area contributed by atoms with Crippen LogP contribution < -0.4 is 5.73 Å². The molecule has 0 fully saturated rings. The van der Waals surface area contributed by atoms with Crippen molar-refractivity contribution >= 4 is 11.5 Å². The first kappa shape index (κ1) is 11.8. The molecule has 0 aliphatic heterocycles. The second-order valence-corrected chi connectivity index (χ2v) is 4.44. The molecule has 0 unspecified atom stereocenters. The molecule has 2 heteroatoms. The predicted octanol–water partition coefficient (Wildman–Crippen LogP) is 3.45. The number of amidine groups is 1. The highest BCUT2D eigenvalue weighted by atomic mass is 14.9. The number of benzene rings is 1. The van der Waals surface area contributed by atoms with Gasteiger partial charge in [0.1, 0.15) is 5.84 Å². The molecule has 2 N–H and O–H groups in total. The molecule has 0 atom stereocenters. The second kappa shape index (κ2) is 4.96. The lowest BCUT2D eigenvalue weighted by Gasteiger charge is -2.07. The van der Waals surface area contributed by atoms with Gasteiger partial charge in [-0.05, 0) is 23.6 Å². The largest absolute Gasteiger partial charge is 0.387 e. The van der Waals surface area contributed by atoms with E-state index in [1.807, 2.05) is 26.0 Å². The third-order valence-corrected chi connectivity index (χ3v) is 2.39. The minimum atomic E-state index is 0.299. The van der Waals surface area contributed by atoms with Crippen molar-refractivity contribution in [2.75, 3.05) is 0 Å². The Hall–Kier alpha value is -1.31. The molecule has 0 bridgehead atoms. The average molecular weight is 204 g/mol. The number of rotatable bonds is 3. The van der Waals surface area contributed by atoms with Gasteiger partial charge in [-0.15, -0.1) is 0 Å². The second-order valence-electron chi connectivity index (χ2n) is 4.44. The van der Waals surface area contributed by atoms with Gasteiger partial charge < -0.3 is 5.73 Å². The fraction of sp³-hybridized carbons (Fsp3) is 0.462. The molecular formula is C13H20N2. The van der Waals surface area contributed by atoms with Crippen LogP contribution in [0.5, 0.6) is 0 Å². The van der Waals surface area contributed by atoms with E-state index in [2.05, 4.69) is 31.0 Å². The monoisotopic (exact) mass is 204 g/mol. The Bertz CT molecular complexity index is 351. The van der Waals surface area contributed by atoms with Crippen LogP contribution in [0, 0.1) is 5.92 Å². The van der Waals surface area contributed by atoms with E-state index in [1.165, 1.54) is 5.56 Å². The van der Waals surface area contributed by atoms with E-state index < -0.39 is 0 Å². The van der Waals surface area contributed by atoms with Crippen molar-refractivity contribution in [1.29, 1.82) is 0 Å². The average Bonchev–Trinajstić information content (AvgIpc) is 2.18. The van der Waals surface area contributed by atoms with Gasteiger partial charge >= 0.3 is 0 Å². The summed E-state index contributed by atoms with van der Waals surface area (Å²) in [5, 5.41) is 0. The first-order valence-electron chi connectivity index (χ1n) is 5.44. The summed E-state index contributed by atoms with van der Waals surface area (Å²) in [7, 11) is 0. The zero-order valence-corrected chi connectivity index (χ0v) is 9.99. The highest BCUT2D eigenvalue weighted by Gasteiger charge is 2.02. The maximum atomic E-state index is 5.82. The van der Waals surface area contributed by atoms with Crippen LogP contribution in [-0.4, -0.2) is 5.84 Å². The van der Waals surface area contributed by atoms with Crippen LogP contribution in [0.1, 0.15) is 39.2 Å². The molecule has 82 valence electrons. The highest BCUT2D eigenvalue weighted by Crippen LogP contribution is 2.20. The molecule has 1 aromatic carbocycles. The van der Waals surface area contributed by atoms with E-state index in [0.29, 0.717) is 17.7 Å². The van der Waals surface area contributed by atoms with Gasteiger partial charge in [0.25, 0.3) is 0 Å².